The normalized spacial score (nSPS) is 11.6. The van der Waals surface area contributed by atoms with E-state index in [0.29, 0.717) is 0 Å². The Balaban J connectivity index is 3.00. The monoisotopic (exact) mass is 245 g/mol. The van der Waals surface area contributed by atoms with Crippen LogP contribution in [0.3, 0.4) is 0 Å². The first-order valence-electron chi connectivity index (χ1n) is 4.31. The Hall–Kier alpha value is -2.38. The number of hydrogen-bond acceptors (Lipinski definition) is 5. The number of nitro groups is 1. The van der Waals surface area contributed by atoms with Gasteiger partial charge >= 0.3 is 18.0 Å². The summed E-state index contributed by atoms with van der Waals surface area (Å²) in [5, 5.41) is 18.9. The van der Waals surface area contributed by atoms with E-state index >= 15 is 0 Å². The summed E-state index contributed by atoms with van der Waals surface area (Å²) in [6.07, 6.45) is -2.58. The Kier molecular flexibility index (Phi) is 3.81. The summed E-state index contributed by atoms with van der Waals surface area (Å²) in [6.45, 7) is 0. The number of nitro benzene ring substituents is 1. The second-order valence-corrected chi connectivity index (χ2v) is 2.86. The first-order chi connectivity index (χ1) is 7.95. The standard InChI is InChI=1S/C9H8FNO6/c1-16-7-3-2-5(4-6(7)11(14)15)17-8(10)9(12)13/h2-4,8H,1H3,(H,12,13). The summed E-state index contributed by atoms with van der Waals surface area (Å²) >= 11 is 0. The van der Waals surface area contributed by atoms with E-state index in [1.807, 2.05) is 0 Å². The third-order valence-corrected chi connectivity index (χ3v) is 1.78. The Labute approximate surface area is 94.5 Å². The fourth-order valence-corrected chi connectivity index (χ4v) is 1.06. The van der Waals surface area contributed by atoms with Gasteiger partial charge in [0, 0.05) is 0 Å². The van der Waals surface area contributed by atoms with E-state index in [2.05, 4.69) is 4.74 Å². The highest BCUT2D eigenvalue weighted by Crippen LogP contribution is 2.31. The van der Waals surface area contributed by atoms with E-state index < -0.39 is 22.9 Å². The number of halogens is 1. The van der Waals surface area contributed by atoms with Crippen molar-refractivity contribution in [3.05, 3.63) is 28.3 Å². The third kappa shape index (κ3) is 3.03. The average Bonchev–Trinajstić information content (AvgIpc) is 2.28. The zero-order valence-corrected chi connectivity index (χ0v) is 8.62. The third-order valence-electron chi connectivity index (χ3n) is 1.78. The van der Waals surface area contributed by atoms with Gasteiger partial charge < -0.3 is 14.6 Å². The zero-order valence-electron chi connectivity index (χ0n) is 8.62. The predicted molar refractivity (Wildman–Crippen MR) is 52.8 cm³/mol. The van der Waals surface area contributed by atoms with Gasteiger partial charge in [-0.3, -0.25) is 10.1 Å². The number of alkyl halides is 1. The molecule has 92 valence electrons. The molecule has 0 bridgehead atoms. The van der Waals surface area contributed by atoms with Crippen molar-refractivity contribution >= 4 is 11.7 Å². The van der Waals surface area contributed by atoms with Crippen molar-refractivity contribution in [1.29, 1.82) is 0 Å². The number of nitrogens with zero attached hydrogens (tertiary/aromatic N) is 1. The summed E-state index contributed by atoms with van der Waals surface area (Å²) in [5.41, 5.74) is -0.442. The van der Waals surface area contributed by atoms with E-state index in [-0.39, 0.29) is 11.5 Å². The first kappa shape index (κ1) is 12.7. The summed E-state index contributed by atoms with van der Waals surface area (Å²) in [4.78, 5) is 20.0. The molecular formula is C9H8FNO6. The average molecular weight is 245 g/mol. The lowest BCUT2D eigenvalue weighted by Gasteiger charge is -2.08. The molecule has 0 aromatic heterocycles. The molecule has 17 heavy (non-hydrogen) atoms. The molecule has 0 amide bonds. The Morgan fingerprint density at radius 3 is 2.71 bits per heavy atom. The molecule has 0 aliphatic heterocycles. The van der Waals surface area contributed by atoms with Gasteiger partial charge in [-0.05, 0) is 12.1 Å². The van der Waals surface area contributed by atoms with Crippen LogP contribution in [-0.2, 0) is 4.79 Å². The predicted octanol–water partition coefficient (Wildman–Crippen LogP) is 1.36. The molecule has 0 radical (unpaired) electrons. The number of benzene rings is 1. The minimum atomic E-state index is -2.58. The van der Waals surface area contributed by atoms with E-state index in [9.17, 15) is 19.3 Å². The van der Waals surface area contributed by atoms with Gasteiger partial charge in [0.1, 0.15) is 5.75 Å². The van der Waals surface area contributed by atoms with Crippen LogP contribution < -0.4 is 9.47 Å². The minimum absolute atomic E-state index is 0.0342. The van der Waals surface area contributed by atoms with Crippen LogP contribution in [0.1, 0.15) is 0 Å². The van der Waals surface area contributed by atoms with E-state index in [1.54, 1.807) is 0 Å². The highest BCUT2D eigenvalue weighted by atomic mass is 19.1. The van der Waals surface area contributed by atoms with Crippen LogP contribution in [-0.4, -0.2) is 29.5 Å². The number of rotatable bonds is 5. The summed E-state index contributed by atoms with van der Waals surface area (Å²) in [6, 6.07) is 3.23. The number of carboxylic acid groups (broad SMARTS) is 1. The number of carbonyl (C=O) groups is 1. The van der Waals surface area contributed by atoms with E-state index in [4.69, 9.17) is 9.84 Å². The fraction of sp³-hybridized carbons (Fsp3) is 0.222. The van der Waals surface area contributed by atoms with Crippen molar-refractivity contribution in [1.82, 2.24) is 0 Å². The lowest BCUT2D eigenvalue weighted by molar-refractivity contribution is -0.385. The highest BCUT2D eigenvalue weighted by Gasteiger charge is 2.21. The summed E-state index contributed by atoms with van der Waals surface area (Å²) < 4.78 is 21.8. The fourth-order valence-electron chi connectivity index (χ4n) is 1.06. The number of ether oxygens (including phenoxy) is 2. The molecular weight excluding hydrogens is 237 g/mol. The second-order valence-electron chi connectivity index (χ2n) is 2.86. The number of carboxylic acids is 1. The van der Waals surface area contributed by atoms with Gasteiger partial charge in [0.05, 0.1) is 18.1 Å². The number of hydrogen-bond donors (Lipinski definition) is 1. The maximum Gasteiger partial charge on any atom is 0.378 e. The van der Waals surface area contributed by atoms with Crippen LogP contribution in [0.25, 0.3) is 0 Å². The molecule has 0 saturated carbocycles. The van der Waals surface area contributed by atoms with Crippen molar-refractivity contribution in [3.63, 3.8) is 0 Å². The topological polar surface area (TPSA) is 98.9 Å². The van der Waals surface area contributed by atoms with Gasteiger partial charge in [-0.25, -0.2) is 4.79 Å². The lowest BCUT2D eigenvalue weighted by atomic mass is 10.3. The van der Waals surface area contributed by atoms with Crippen LogP contribution >= 0.6 is 0 Å². The Morgan fingerprint density at radius 1 is 1.59 bits per heavy atom. The SMILES string of the molecule is COc1ccc(OC(F)C(=O)O)cc1[N+](=O)[O-]. The van der Waals surface area contributed by atoms with Crippen molar-refractivity contribution in [2.75, 3.05) is 7.11 Å². The number of aliphatic carboxylic acids is 1. The van der Waals surface area contributed by atoms with Gasteiger partial charge in [-0.1, -0.05) is 0 Å². The molecule has 1 unspecified atom stereocenters. The van der Waals surface area contributed by atoms with Crippen molar-refractivity contribution < 1.29 is 28.7 Å². The van der Waals surface area contributed by atoms with Crippen molar-refractivity contribution in [2.24, 2.45) is 0 Å². The molecule has 1 N–H and O–H groups in total. The van der Waals surface area contributed by atoms with E-state index in [0.717, 1.165) is 6.07 Å². The maximum absolute atomic E-state index is 12.7. The smallest absolute Gasteiger partial charge is 0.378 e. The molecule has 1 aromatic rings. The van der Waals surface area contributed by atoms with Crippen LogP contribution in [0.2, 0.25) is 0 Å². The molecule has 0 saturated heterocycles. The number of methoxy groups -OCH3 is 1. The molecule has 0 aliphatic carbocycles. The Bertz CT molecular complexity index is 449. The molecule has 1 atom stereocenters. The molecule has 1 aromatic carbocycles. The van der Waals surface area contributed by atoms with Crippen molar-refractivity contribution in [2.45, 2.75) is 6.36 Å². The lowest BCUT2D eigenvalue weighted by Crippen LogP contribution is -2.21. The molecule has 0 heterocycles. The zero-order chi connectivity index (χ0) is 13.0. The molecule has 0 spiro atoms. The molecule has 8 heteroatoms. The maximum atomic E-state index is 12.7. The van der Waals surface area contributed by atoms with Gasteiger partial charge in [0.2, 0.25) is 0 Å². The highest BCUT2D eigenvalue weighted by molar-refractivity contribution is 5.71. The molecule has 1 rings (SSSR count). The van der Waals surface area contributed by atoms with Gasteiger partial charge in [0.15, 0.2) is 5.75 Å². The molecule has 0 fully saturated rings. The second kappa shape index (κ2) is 5.10. The summed E-state index contributed by atoms with van der Waals surface area (Å²) in [7, 11) is 1.23. The Morgan fingerprint density at radius 2 is 2.24 bits per heavy atom. The minimum Gasteiger partial charge on any atom is -0.490 e. The van der Waals surface area contributed by atoms with Gasteiger partial charge in [0.25, 0.3) is 0 Å². The van der Waals surface area contributed by atoms with Crippen LogP contribution in [0.15, 0.2) is 18.2 Å². The van der Waals surface area contributed by atoms with Gasteiger partial charge in [-0.15, -0.1) is 0 Å². The summed E-state index contributed by atoms with van der Waals surface area (Å²) in [5.74, 6) is -2.12. The quantitative estimate of drug-likeness (QED) is 0.621. The first-order valence-corrected chi connectivity index (χ1v) is 4.31. The van der Waals surface area contributed by atoms with Gasteiger partial charge in [-0.2, -0.15) is 4.39 Å². The van der Waals surface area contributed by atoms with Crippen LogP contribution in [0.5, 0.6) is 11.5 Å². The van der Waals surface area contributed by atoms with Crippen LogP contribution in [0, 0.1) is 10.1 Å². The van der Waals surface area contributed by atoms with E-state index in [1.165, 1.54) is 19.2 Å². The van der Waals surface area contributed by atoms with Crippen molar-refractivity contribution in [3.8, 4) is 11.5 Å². The molecule has 0 aliphatic rings. The largest absolute Gasteiger partial charge is 0.490 e. The van der Waals surface area contributed by atoms with Crippen LogP contribution in [0.4, 0.5) is 10.1 Å². The molecule has 7 nitrogen and oxygen atoms in total.